The predicted molar refractivity (Wildman–Crippen MR) is 132 cm³/mol. The molecule has 1 fully saturated rings. The van der Waals surface area contributed by atoms with Crippen molar-refractivity contribution in [2.45, 2.75) is 63.8 Å². The van der Waals surface area contributed by atoms with E-state index in [1.54, 1.807) is 37.3 Å². The molecule has 0 bridgehead atoms. The molecule has 1 aromatic carbocycles. The molecule has 6 nitrogen and oxygen atoms in total. The fourth-order valence-electron chi connectivity index (χ4n) is 4.00. The van der Waals surface area contributed by atoms with E-state index in [1.165, 1.54) is 38.3 Å². The third-order valence-electron chi connectivity index (χ3n) is 5.74. The summed E-state index contributed by atoms with van der Waals surface area (Å²) < 4.78 is 28.9. The van der Waals surface area contributed by atoms with Crippen LogP contribution in [0, 0.1) is 20.8 Å². The zero-order chi connectivity index (χ0) is 22.9. The monoisotopic (exact) mass is 490 g/mol. The first-order valence-corrected chi connectivity index (χ1v) is 13.4. The number of benzene rings is 1. The molecule has 1 aliphatic carbocycles. The van der Waals surface area contributed by atoms with Crippen molar-refractivity contribution in [3.63, 3.8) is 0 Å². The number of rotatable bonds is 6. The maximum atomic E-state index is 13.2. The SMILES string of the molecule is Cc1ccc(-c2sc(NC3CCCCC3)nc2C)cc1S(=O)(=O)Nc1cnc(Cl)c(C)c1. The quantitative estimate of drug-likeness (QED) is 0.394. The Labute approximate surface area is 198 Å². The molecular formula is C23H27ClN4O2S2. The van der Waals surface area contributed by atoms with Crippen LogP contribution in [0.4, 0.5) is 10.8 Å². The van der Waals surface area contributed by atoms with E-state index in [0.717, 1.165) is 21.3 Å². The van der Waals surface area contributed by atoms with Gasteiger partial charge < -0.3 is 5.32 Å². The third kappa shape index (κ3) is 5.08. The van der Waals surface area contributed by atoms with E-state index in [1.807, 2.05) is 19.1 Å². The van der Waals surface area contributed by atoms with Gasteiger partial charge in [-0.05, 0) is 62.4 Å². The molecule has 2 aromatic heterocycles. The number of nitrogens with one attached hydrogen (secondary N) is 2. The van der Waals surface area contributed by atoms with Crippen LogP contribution >= 0.6 is 22.9 Å². The molecule has 0 amide bonds. The molecule has 32 heavy (non-hydrogen) atoms. The van der Waals surface area contributed by atoms with Crippen LogP contribution in [0.5, 0.6) is 0 Å². The van der Waals surface area contributed by atoms with Crippen molar-refractivity contribution in [3.05, 3.63) is 52.4 Å². The highest BCUT2D eigenvalue weighted by Gasteiger charge is 2.21. The van der Waals surface area contributed by atoms with E-state index >= 15 is 0 Å². The molecule has 1 saturated carbocycles. The highest BCUT2D eigenvalue weighted by molar-refractivity contribution is 7.92. The molecule has 0 unspecified atom stereocenters. The average molecular weight is 491 g/mol. The Balaban J connectivity index is 1.61. The Bertz CT molecular complexity index is 1230. The van der Waals surface area contributed by atoms with Gasteiger partial charge in [0.2, 0.25) is 0 Å². The van der Waals surface area contributed by atoms with Crippen LogP contribution in [0.2, 0.25) is 5.15 Å². The summed E-state index contributed by atoms with van der Waals surface area (Å²) in [7, 11) is -3.80. The van der Waals surface area contributed by atoms with Crippen molar-refractivity contribution in [2.75, 3.05) is 10.0 Å². The minimum atomic E-state index is -3.80. The van der Waals surface area contributed by atoms with Gasteiger partial charge >= 0.3 is 0 Å². The third-order valence-corrected chi connectivity index (χ3v) is 8.79. The fraction of sp³-hybridized carbons (Fsp3) is 0.391. The summed E-state index contributed by atoms with van der Waals surface area (Å²) >= 11 is 7.54. The van der Waals surface area contributed by atoms with Crippen LogP contribution in [0.15, 0.2) is 35.4 Å². The van der Waals surface area contributed by atoms with Gasteiger partial charge in [0, 0.05) is 6.04 Å². The fourth-order valence-corrected chi connectivity index (χ4v) is 6.45. The van der Waals surface area contributed by atoms with Crippen molar-refractivity contribution in [2.24, 2.45) is 0 Å². The van der Waals surface area contributed by atoms with E-state index in [2.05, 4.69) is 15.0 Å². The lowest BCUT2D eigenvalue weighted by Crippen LogP contribution is -2.21. The van der Waals surface area contributed by atoms with Gasteiger partial charge in [0.1, 0.15) is 5.15 Å². The zero-order valence-electron chi connectivity index (χ0n) is 18.4. The molecule has 0 aliphatic heterocycles. The number of halogens is 1. The van der Waals surface area contributed by atoms with Crippen molar-refractivity contribution in [3.8, 4) is 10.4 Å². The van der Waals surface area contributed by atoms with Crippen molar-refractivity contribution in [1.29, 1.82) is 0 Å². The Kier molecular flexibility index (Phi) is 6.74. The van der Waals surface area contributed by atoms with Crippen molar-refractivity contribution >= 4 is 43.8 Å². The van der Waals surface area contributed by atoms with Gasteiger partial charge in [-0.25, -0.2) is 18.4 Å². The summed E-state index contributed by atoms with van der Waals surface area (Å²) in [5.74, 6) is 0. The van der Waals surface area contributed by atoms with Crippen LogP contribution in [-0.4, -0.2) is 24.4 Å². The summed E-state index contributed by atoms with van der Waals surface area (Å²) in [5, 5.41) is 4.82. The Hall–Kier alpha value is -2.16. The lowest BCUT2D eigenvalue weighted by Gasteiger charge is -2.22. The lowest BCUT2D eigenvalue weighted by molar-refractivity contribution is 0.462. The number of nitrogens with zero attached hydrogens (tertiary/aromatic N) is 2. The van der Waals surface area contributed by atoms with E-state index in [0.29, 0.717) is 28.0 Å². The zero-order valence-corrected chi connectivity index (χ0v) is 20.8. The number of aromatic nitrogens is 2. The van der Waals surface area contributed by atoms with Crippen LogP contribution in [0.25, 0.3) is 10.4 Å². The van der Waals surface area contributed by atoms with E-state index in [-0.39, 0.29) is 4.90 Å². The minimum Gasteiger partial charge on any atom is -0.359 e. The molecule has 3 aromatic rings. The largest absolute Gasteiger partial charge is 0.359 e. The second-order valence-electron chi connectivity index (χ2n) is 8.33. The number of aryl methyl sites for hydroxylation is 3. The topological polar surface area (TPSA) is 84.0 Å². The number of hydrogen-bond donors (Lipinski definition) is 2. The van der Waals surface area contributed by atoms with Crippen LogP contribution in [-0.2, 0) is 10.0 Å². The maximum Gasteiger partial charge on any atom is 0.262 e. The van der Waals surface area contributed by atoms with Crippen LogP contribution in [0.1, 0.15) is 48.9 Å². The van der Waals surface area contributed by atoms with Gasteiger partial charge in [-0.15, -0.1) is 0 Å². The van der Waals surface area contributed by atoms with Crippen molar-refractivity contribution in [1.82, 2.24) is 9.97 Å². The van der Waals surface area contributed by atoms with Gasteiger partial charge in [0.15, 0.2) is 5.13 Å². The standard InChI is InChI=1S/C23H27ClN4O2S2/c1-14-9-10-17(21-16(3)26-23(31-21)27-18-7-5-4-6-8-18)12-20(14)32(29,30)28-19-11-15(2)22(24)25-13-19/h9-13,18,28H,4-8H2,1-3H3,(H,26,27). The molecule has 2 heterocycles. The number of anilines is 2. The average Bonchev–Trinajstić information content (AvgIpc) is 3.11. The van der Waals surface area contributed by atoms with E-state index < -0.39 is 10.0 Å². The second kappa shape index (κ2) is 9.37. The summed E-state index contributed by atoms with van der Waals surface area (Å²) in [5.41, 5.74) is 3.49. The number of pyridine rings is 1. The van der Waals surface area contributed by atoms with Gasteiger partial charge in [-0.1, -0.05) is 54.3 Å². The molecule has 0 radical (unpaired) electrons. The van der Waals surface area contributed by atoms with Crippen LogP contribution < -0.4 is 10.0 Å². The first kappa shape index (κ1) is 23.0. The van der Waals surface area contributed by atoms with Crippen LogP contribution in [0.3, 0.4) is 0 Å². The molecule has 2 N–H and O–H groups in total. The Morgan fingerprint density at radius 2 is 1.81 bits per heavy atom. The van der Waals surface area contributed by atoms with Crippen molar-refractivity contribution < 1.29 is 8.42 Å². The summed E-state index contributed by atoms with van der Waals surface area (Å²) in [6, 6.07) is 7.65. The highest BCUT2D eigenvalue weighted by atomic mass is 35.5. The van der Waals surface area contributed by atoms with E-state index in [9.17, 15) is 8.42 Å². The predicted octanol–water partition coefficient (Wildman–Crippen LogP) is 6.33. The highest BCUT2D eigenvalue weighted by Crippen LogP contribution is 2.36. The molecule has 4 rings (SSSR count). The summed E-state index contributed by atoms with van der Waals surface area (Å²) in [4.78, 5) is 9.94. The summed E-state index contributed by atoms with van der Waals surface area (Å²) in [6.45, 7) is 5.54. The molecular weight excluding hydrogens is 464 g/mol. The van der Waals surface area contributed by atoms with Gasteiger partial charge in [-0.3, -0.25) is 4.72 Å². The second-order valence-corrected chi connectivity index (χ2v) is 11.3. The molecule has 0 spiro atoms. The van der Waals surface area contributed by atoms with Gasteiger partial charge in [0.25, 0.3) is 10.0 Å². The molecule has 0 saturated heterocycles. The lowest BCUT2D eigenvalue weighted by atomic mass is 9.96. The first-order valence-electron chi connectivity index (χ1n) is 10.7. The number of thiazole rings is 1. The molecule has 9 heteroatoms. The minimum absolute atomic E-state index is 0.234. The van der Waals surface area contributed by atoms with E-state index in [4.69, 9.17) is 16.6 Å². The smallest absolute Gasteiger partial charge is 0.262 e. The van der Waals surface area contributed by atoms with Gasteiger partial charge in [0.05, 0.1) is 27.4 Å². The number of sulfonamides is 1. The Morgan fingerprint density at radius 3 is 2.53 bits per heavy atom. The molecule has 170 valence electrons. The Morgan fingerprint density at radius 1 is 1.06 bits per heavy atom. The number of hydrogen-bond acceptors (Lipinski definition) is 6. The summed E-state index contributed by atoms with van der Waals surface area (Å²) in [6.07, 6.45) is 7.58. The first-order chi connectivity index (χ1) is 15.2. The molecule has 1 aliphatic rings. The normalized spacial score (nSPS) is 15.0. The van der Waals surface area contributed by atoms with Gasteiger partial charge in [-0.2, -0.15) is 0 Å². The maximum absolute atomic E-state index is 13.2. The molecule has 0 atom stereocenters.